The molecule has 1 saturated carbocycles. The first-order valence-corrected chi connectivity index (χ1v) is 13.7. The average molecular weight is 560 g/mol. The summed E-state index contributed by atoms with van der Waals surface area (Å²) in [6, 6.07) is 12.9. The van der Waals surface area contributed by atoms with E-state index < -0.39 is 11.7 Å². The van der Waals surface area contributed by atoms with E-state index in [1.165, 1.54) is 30.6 Å². The molecule has 3 aromatic rings. The zero-order valence-corrected chi connectivity index (χ0v) is 23.1. The SMILES string of the molecule is COC(=O)CCNC(=O)c1ccc(C2(COc3cc(C)c(-c4ccc(C(F)(F)F)cc4)c(C)c3)CCCC2)s1. The highest BCUT2D eigenvalue weighted by atomic mass is 32.1. The van der Waals surface area contributed by atoms with E-state index in [-0.39, 0.29) is 30.3 Å². The maximum atomic E-state index is 13.0. The van der Waals surface area contributed by atoms with Gasteiger partial charge in [-0.05, 0) is 85.3 Å². The fourth-order valence-electron chi connectivity index (χ4n) is 5.24. The second-order valence-corrected chi connectivity index (χ2v) is 11.1. The Morgan fingerprint density at radius 3 is 2.23 bits per heavy atom. The van der Waals surface area contributed by atoms with Gasteiger partial charge in [-0.15, -0.1) is 11.3 Å². The number of methoxy groups -OCH3 is 1. The van der Waals surface area contributed by atoms with Crippen LogP contribution in [0.1, 0.15) is 63.3 Å². The van der Waals surface area contributed by atoms with Gasteiger partial charge in [-0.2, -0.15) is 13.2 Å². The lowest BCUT2D eigenvalue weighted by Crippen LogP contribution is -2.29. The Hall–Kier alpha value is -3.33. The fraction of sp³-hybridized carbons (Fsp3) is 0.400. The summed E-state index contributed by atoms with van der Waals surface area (Å²) in [7, 11) is 1.31. The number of halogens is 3. The molecule has 0 aliphatic heterocycles. The first-order chi connectivity index (χ1) is 18.5. The molecule has 9 heteroatoms. The highest BCUT2D eigenvalue weighted by molar-refractivity contribution is 7.14. The minimum atomic E-state index is -4.37. The van der Waals surface area contributed by atoms with Crippen molar-refractivity contribution in [1.29, 1.82) is 0 Å². The van der Waals surface area contributed by atoms with Crippen molar-refractivity contribution in [1.82, 2.24) is 5.32 Å². The van der Waals surface area contributed by atoms with Crippen LogP contribution >= 0.6 is 11.3 Å². The molecule has 208 valence electrons. The van der Waals surface area contributed by atoms with Crippen molar-refractivity contribution in [2.45, 2.75) is 57.5 Å². The summed E-state index contributed by atoms with van der Waals surface area (Å²) in [6.45, 7) is 4.55. The van der Waals surface area contributed by atoms with E-state index in [1.807, 2.05) is 38.1 Å². The van der Waals surface area contributed by atoms with Gasteiger partial charge in [-0.3, -0.25) is 9.59 Å². The van der Waals surface area contributed by atoms with E-state index in [1.54, 1.807) is 0 Å². The first-order valence-electron chi connectivity index (χ1n) is 12.9. The Morgan fingerprint density at radius 2 is 1.64 bits per heavy atom. The maximum Gasteiger partial charge on any atom is 0.416 e. The second kappa shape index (κ2) is 11.8. The molecule has 1 fully saturated rings. The van der Waals surface area contributed by atoms with Gasteiger partial charge in [0, 0.05) is 16.8 Å². The molecule has 0 bridgehead atoms. The highest BCUT2D eigenvalue weighted by Crippen LogP contribution is 2.44. The van der Waals surface area contributed by atoms with Gasteiger partial charge in [0.2, 0.25) is 0 Å². The van der Waals surface area contributed by atoms with Crippen molar-refractivity contribution in [3.05, 3.63) is 75.0 Å². The number of benzene rings is 2. The fourth-order valence-corrected chi connectivity index (χ4v) is 6.39. The summed E-state index contributed by atoms with van der Waals surface area (Å²) in [5, 5.41) is 2.76. The number of thiophene rings is 1. The van der Waals surface area contributed by atoms with Crippen LogP contribution in [0.5, 0.6) is 5.75 Å². The molecular weight excluding hydrogens is 527 g/mol. The largest absolute Gasteiger partial charge is 0.493 e. The standard InChI is InChI=1S/C30H32F3NO4S/c1-19-16-23(17-20(2)27(19)21-6-8-22(9-7-21)30(31,32)33)38-18-29(13-4-5-14-29)25-11-10-24(39-25)28(36)34-15-12-26(35)37-3/h6-11,16-17H,4-5,12-15,18H2,1-3H3,(H,34,36). The number of aryl methyl sites for hydroxylation is 2. The van der Waals surface area contributed by atoms with Gasteiger partial charge >= 0.3 is 12.1 Å². The zero-order chi connectivity index (χ0) is 28.2. The van der Waals surface area contributed by atoms with Crippen LogP contribution in [0.2, 0.25) is 0 Å². The van der Waals surface area contributed by atoms with Gasteiger partial charge in [-0.1, -0.05) is 25.0 Å². The van der Waals surface area contributed by atoms with Crippen LogP contribution in [0, 0.1) is 13.8 Å². The molecule has 1 aliphatic rings. The predicted octanol–water partition coefficient (Wildman–Crippen LogP) is 7.23. The Morgan fingerprint density at radius 1 is 1.00 bits per heavy atom. The quantitative estimate of drug-likeness (QED) is 0.281. The van der Waals surface area contributed by atoms with Gasteiger partial charge in [0.25, 0.3) is 5.91 Å². The number of amides is 1. The molecule has 0 radical (unpaired) electrons. The van der Waals surface area contributed by atoms with Crippen molar-refractivity contribution < 1.29 is 32.2 Å². The molecule has 0 atom stereocenters. The van der Waals surface area contributed by atoms with E-state index in [4.69, 9.17) is 4.74 Å². The van der Waals surface area contributed by atoms with Gasteiger partial charge in [0.05, 0.1) is 30.6 Å². The molecule has 1 aliphatic carbocycles. The van der Waals surface area contributed by atoms with Gasteiger partial charge in [0.15, 0.2) is 0 Å². The van der Waals surface area contributed by atoms with E-state index in [0.29, 0.717) is 17.2 Å². The molecule has 1 amide bonds. The summed E-state index contributed by atoms with van der Waals surface area (Å²) >= 11 is 1.46. The van der Waals surface area contributed by atoms with Gasteiger partial charge in [0.1, 0.15) is 5.75 Å². The molecule has 39 heavy (non-hydrogen) atoms. The Kier molecular flexibility index (Phi) is 8.69. The summed E-state index contributed by atoms with van der Waals surface area (Å²) in [5.41, 5.74) is 2.61. The molecule has 1 aromatic heterocycles. The summed E-state index contributed by atoms with van der Waals surface area (Å²) in [4.78, 5) is 25.6. The van der Waals surface area contributed by atoms with Crippen molar-refractivity contribution in [3.8, 4) is 16.9 Å². The van der Waals surface area contributed by atoms with Crippen LogP contribution in [-0.4, -0.2) is 32.1 Å². The Balaban J connectivity index is 1.47. The lowest BCUT2D eigenvalue weighted by atomic mass is 9.85. The number of ether oxygens (including phenoxy) is 2. The number of esters is 1. The monoisotopic (exact) mass is 559 g/mol. The van der Waals surface area contributed by atoms with Gasteiger partial charge < -0.3 is 14.8 Å². The number of carbonyl (C=O) groups excluding carboxylic acids is 2. The molecule has 4 rings (SSSR count). The van der Waals surface area contributed by atoms with E-state index in [0.717, 1.165) is 64.9 Å². The normalized spacial score (nSPS) is 14.7. The highest BCUT2D eigenvalue weighted by Gasteiger charge is 2.38. The van der Waals surface area contributed by atoms with Crippen molar-refractivity contribution >= 4 is 23.2 Å². The molecule has 1 heterocycles. The van der Waals surface area contributed by atoms with E-state index >= 15 is 0 Å². The molecule has 0 saturated heterocycles. The molecular formula is C30H32F3NO4S. The van der Waals surface area contributed by atoms with Crippen LogP contribution < -0.4 is 10.1 Å². The van der Waals surface area contributed by atoms with Crippen LogP contribution in [0.4, 0.5) is 13.2 Å². The van der Waals surface area contributed by atoms with Crippen molar-refractivity contribution in [2.75, 3.05) is 20.3 Å². The smallest absolute Gasteiger partial charge is 0.416 e. The molecule has 2 aromatic carbocycles. The predicted molar refractivity (Wildman–Crippen MR) is 145 cm³/mol. The van der Waals surface area contributed by atoms with Crippen LogP contribution in [0.15, 0.2) is 48.5 Å². The topological polar surface area (TPSA) is 64.6 Å². The summed E-state index contributed by atoms with van der Waals surface area (Å²) in [6.07, 6.45) is -0.181. The maximum absolute atomic E-state index is 13.0. The van der Waals surface area contributed by atoms with Crippen LogP contribution in [-0.2, 0) is 21.1 Å². The van der Waals surface area contributed by atoms with Crippen molar-refractivity contribution in [2.24, 2.45) is 0 Å². The summed E-state index contributed by atoms with van der Waals surface area (Å²) in [5.74, 6) is 0.126. The lowest BCUT2D eigenvalue weighted by molar-refractivity contribution is -0.140. The van der Waals surface area contributed by atoms with E-state index in [9.17, 15) is 22.8 Å². The van der Waals surface area contributed by atoms with E-state index in [2.05, 4.69) is 10.1 Å². The summed E-state index contributed by atoms with van der Waals surface area (Å²) < 4.78 is 49.9. The average Bonchev–Trinajstić information content (AvgIpc) is 3.58. The molecule has 1 N–H and O–H groups in total. The zero-order valence-electron chi connectivity index (χ0n) is 22.2. The third-order valence-electron chi connectivity index (χ3n) is 7.28. The number of hydrogen-bond acceptors (Lipinski definition) is 5. The van der Waals surface area contributed by atoms with Gasteiger partial charge in [-0.25, -0.2) is 0 Å². The Bertz CT molecular complexity index is 1300. The number of nitrogens with one attached hydrogen (secondary N) is 1. The third kappa shape index (κ3) is 6.64. The number of alkyl halides is 3. The van der Waals surface area contributed by atoms with Crippen LogP contribution in [0.25, 0.3) is 11.1 Å². The molecule has 0 unspecified atom stereocenters. The molecule has 5 nitrogen and oxygen atoms in total. The second-order valence-electron chi connectivity index (χ2n) is 10.0. The third-order valence-corrected chi connectivity index (χ3v) is 8.61. The number of rotatable bonds is 9. The number of carbonyl (C=O) groups is 2. The molecule has 0 spiro atoms. The Labute approximate surface area is 230 Å². The minimum Gasteiger partial charge on any atom is -0.493 e. The lowest BCUT2D eigenvalue weighted by Gasteiger charge is -2.28. The van der Waals surface area contributed by atoms with Crippen LogP contribution in [0.3, 0.4) is 0 Å². The minimum absolute atomic E-state index is 0.120. The number of hydrogen-bond donors (Lipinski definition) is 1. The van der Waals surface area contributed by atoms with Crippen molar-refractivity contribution in [3.63, 3.8) is 0 Å². The first kappa shape index (κ1) is 28.7.